The fraction of sp³-hybridized carbons (Fsp3) is 0.0714. The Kier molecular flexibility index (Phi) is 3.97. The fourth-order valence-electron chi connectivity index (χ4n) is 1.73. The first-order valence-corrected chi connectivity index (χ1v) is 6.87. The van der Waals surface area contributed by atoms with Gasteiger partial charge < -0.3 is 16.2 Å². The summed E-state index contributed by atoms with van der Waals surface area (Å²) in [6.07, 6.45) is 1.98. The van der Waals surface area contributed by atoms with Crippen molar-refractivity contribution in [3.63, 3.8) is 0 Å². The number of nitrogens with two attached hydrogens (primary N) is 1. The molecule has 0 saturated heterocycles. The maximum Gasteiger partial charge on any atom is 0.337 e. The van der Waals surface area contributed by atoms with Gasteiger partial charge in [-0.1, -0.05) is 12.1 Å². The first kappa shape index (κ1) is 13.3. The van der Waals surface area contributed by atoms with Gasteiger partial charge in [0.25, 0.3) is 0 Å². The number of carbonyl (C=O) groups is 1. The standard InChI is InChI=1S/C14H14N2O2S/c1-19-10-5-2-4-9(8-10)16-13-11(14(17)18)6-3-7-12(13)15/h2-8,16H,15H2,1H3,(H,17,18). The molecule has 2 aromatic rings. The second-order valence-electron chi connectivity index (χ2n) is 3.93. The van der Waals surface area contributed by atoms with Crippen LogP contribution in [0.2, 0.25) is 0 Å². The van der Waals surface area contributed by atoms with E-state index in [2.05, 4.69) is 5.32 Å². The van der Waals surface area contributed by atoms with Gasteiger partial charge >= 0.3 is 5.97 Å². The highest BCUT2D eigenvalue weighted by Crippen LogP contribution is 2.29. The maximum absolute atomic E-state index is 11.2. The molecule has 5 heteroatoms. The van der Waals surface area contributed by atoms with Crippen molar-refractivity contribution in [1.29, 1.82) is 0 Å². The molecule has 0 spiro atoms. The summed E-state index contributed by atoms with van der Waals surface area (Å²) in [5.74, 6) is -1.00. The van der Waals surface area contributed by atoms with E-state index in [1.165, 1.54) is 6.07 Å². The predicted octanol–water partition coefficient (Wildman–Crippen LogP) is 3.43. The summed E-state index contributed by atoms with van der Waals surface area (Å²) in [4.78, 5) is 12.3. The van der Waals surface area contributed by atoms with Crippen LogP contribution < -0.4 is 11.1 Å². The number of carboxylic acids is 1. The Morgan fingerprint density at radius 2 is 2.00 bits per heavy atom. The predicted molar refractivity (Wildman–Crippen MR) is 79.3 cm³/mol. The monoisotopic (exact) mass is 274 g/mol. The number of hydrogen-bond donors (Lipinski definition) is 3. The summed E-state index contributed by atoms with van der Waals surface area (Å²) in [5.41, 5.74) is 7.66. The van der Waals surface area contributed by atoms with Crippen LogP contribution in [0.4, 0.5) is 17.1 Å². The van der Waals surface area contributed by atoms with Crippen molar-refractivity contribution in [3.8, 4) is 0 Å². The molecule has 0 aliphatic carbocycles. The molecule has 4 nitrogen and oxygen atoms in total. The van der Waals surface area contributed by atoms with Crippen molar-refractivity contribution in [1.82, 2.24) is 0 Å². The molecule has 2 rings (SSSR count). The van der Waals surface area contributed by atoms with Crippen molar-refractivity contribution in [2.24, 2.45) is 0 Å². The molecule has 98 valence electrons. The zero-order valence-corrected chi connectivity index (χ0v) is 11.2. The molecule has 0 unspecified atom stereocenters. The van der Waals surface area contributed by atoms with E-state index in [-0.39, 0.29) is 5.56 Å². The summed E-state index contributed by atoms with van der Waals surface area (Å²) in [6.45, 7) is 0. The summed E-state index contributed by atoms with van der Waals surface area (Å²) in [5, 5.41) is 12.2. The van der Waals surface area contributed by atoms with E-state index in [0.717, 1.165) is 10.6 Å². The first-order chi connectivity index (χ1) is 9.11. The molecule has 0 aliphatic heterocycles. The second-order valence-corrected chi connectivity index (χ2v) is 4.81. The third-order valence-electron chi connectivity index (χ3n) is 2.67. The Morgan fingerprint density at radius 3 is 2.68 bits per heavy atom. The van der Waals surface area contributed by atoms with Crippen molar-refractivity contribution < 1.29 is 9.90 Å². The minimum Gasteiger partial charge on any atom is -0.478 e. The highest BCUT2D eigenvalue weighted by Gasteiger charge is 2.12. The quantitative estimate of drug-likeness (QED) is 0.588. The Bertz CT molecular complexity index is 614. The van der Waals surface area contributed by atoms with Crippen LogP contribution in [0.1, 0.15) is 10.4 Å². The smallest absolute Gasteiger partial charge is 0.337 e. The molecule has 2 aromatic carbocycles. The minimum absolute atomic E-state index is 0.162. The van der Waals surface area contributed by atoms with Crippen LogP contribution in [0.3, 0.4) is 0 Å². The molecule has 0 radical (unpaired) electrons. The van der Waals surface area contributed by atoms with E-state index >= 15 is 0 Å². The van der Waals surface area contributed by atoms with Crippen molar-refractivity contribution >= 4 is 34.8 Å². The third-order valence-corrected chi connectivity index (χ3v) is 3.39. The normalized spacial score (nSPS) is 10.2. The van der Waals surface area contributed by atoms with E-state index in [4.69, 9.17) is 10.8 Å². The average molecular weight is 274 g/mol. The van der Waals surface area contributed by atoms with Gasteiger partial charge in [0.1, 0.15) is 0 Å². The van der Waals surface area contributed by atoms with Crippen LogP contribution >= 0.6 is 11.8 Å². The van der Waals surface area contributed by atoms with Gasteiger partial charge in [0, 0.05) is 10.6 Å². The molecular formula is C14H14N2O2S. The van der Waals surface area contributed by atoms with E-state index < -0.39 is 5.97 Å². The molecule has 0 fully saturated rings. The molecule has 19 heavy (non-hydrogen) atoms. The fourth-order valence-corrected chi connectivity index (χ4v) is 2.19. The Morgan fingerprint density at radius 1 is 1.26 bits per heavy atom. The number of thioether (sulfide) groups is 1. The molecule has 0 atom stereocenters. The molecule has 0 aliphatic rings. The summed E-state index contributed by atoms with van der Waals surface area (Å²) >= 11 is 1.62. The second kappa shape index (κ2) is 5.67. The Labute approximate surface area is 115 Å². The van der Waals surface area contributed by atoms with E-state index in [0.29, 0.717) is 11.4 Å². The molecule has 0 heterocycles. The Balaban J connectivity index is 2.40. The van der Waals surface area contributed by atoms with Crippen molar-refractivity contribution in [2.75, 3.05) is 17.3 Å². The molecular weight excluding hydrogens is 260 g/mol. The topological polar surface area (TPSA) is 75.3 Å². The lowest BCUT2D eigenvalue weighted by Gasteiger charge is -2.12. The van der Waals surface area contributed by atoms with Gasteiger partial charge in [0.05, 0.1) is 16.9 Å². The highest BCUT2D eigenvalue weighted by atomic mass is 32.2. The van der Waals surface area contributed by atoms with Crippen LogP contribution in [-0.2, 0) is 0 Å². The van der Waals surface area contributed by atoms with Gasteiger partial charge in [-0.05, 0) is 36.6 Å². The van der Waals surface area contributed by atoms with Gasteiger partial charge in [0.2, 0.25) is 0 Å². The van der Waals surface area contributed by atoms with Crippen LogP contribution in [-0.4, -0.2) is 17.3 Å². The molecule has 4 N–H and O–H groups in total. The highest BCUT2D eigenvalue weighted by molar-refractivity contribution is 7.98. The summed E-state index contributed by atoms with van der Waals surface area (Å²) in [7, 11) is 0. The molecule has 0 saturated carbocycles. The number of para-hydroxylation sites is 1. The van der Waals surface area contributed by atoms with Crippen LogP contribution in [0.15, 0.2) is 47.4 Å². The zero-order valence-electron chi connectivity index (χ0n) is 10.4. The molecule has 0 bridgehead atoms. The third kappa shape index (κ3) is 3.00. The summed E-state index contributed by atoms with van der Waals surface area (Å²) in [6, 6.07) is 12.5. The largest absolute Gasteiger partial charge is 0.478 e. The Hall–Kier alpha value is -2.14. The van der Waals surface area contributed by atoms with E-state index in [1.807, 2.05) is 30.5 Å². The van der Waals surface area contributed by atoms with Gasteiger partial charge in [-0.3, -0.25) is 0 Å². The van der Waals surface area contributed by atoms with Crippen LogP contribution in [0.5, 0.6) is 0 Å². The van der Waals surface area contributed by atoms with Gasteiger partial charge in [-0.15, -0.1) is 11.8 Å². The maximum atomic E-state index is 11.2. The molecule has 0 amide bonds. The van der Waals surface area contributed by atoms with Crippen LogP contribution in [0.25, 0.3) is 0 Å². The number of benzene rings is 2. The minimum atomic E-state index is -1.00. The number of rotatable bonds is 4. The van der Waals surface area contributed by atoms with Crippen LogP contribution in [0, 0.1) is 0 Å². The van der Waals surface area contributed by atoms with Crippen molar-refractivity contribution in [3.05, 3.63) is 48.0 Å². The number of aromatic carboxylic acids is 1. The van der Waals surface area contributed by atoms with Gasteiger partial charge in [-0.25, -0.2) is 4.79 Å². The zero-order chi connectivity index (χ0) is 13.8. The first-order valence-electron chi connectivity index (χ1n) is 5.64. The van der Waals surface area contributed by atoms with Crippen molar-refractivity contribution in [2.45, 2.75) is 4.90 Å². The number of hydrogen-bond acceptors (Lipinski definition) is 4. The van der Waals surface area contributed by atoms with Gasteiger partial charge in [0.15, 0.2) is 0 Å². The number of nitrogen functional groups attached to an aromatic ring is 1. The number of anilines is 3. The lowest BCUT2D eigenvalue weighted by atomic mass is 10.1. The average Bonchev–Trinajstić information content (AvgIpc) is 2.41. The van der Waals surface area contributed by atoms with Gasteiger partial charge in [-0.2, -0.15) is 0 Å². The SMILES string of the molecule is CSc1cccc(Nc2c(N)cccc2C(=O)O)c1. The van der Waals surface area contributed by atoms with E-state index in [9.17, 15) is 4.79 Å². The number of carboxylic acid groups (broad SMARTS) is 1. The lowest BCUT2D eigenvalue weighted by Crippen LogP contribution is -2.05. The number of nitrogens with one attached hydrogen (secondary N) is 1. The molecule has 0 aromatic heterocycles. The lowest BCUT2D eigenvalue weighted by molar-refractivity contribution is 0.0698. The van der Waals surface area contributed by atoms with E-state index in [1.54, 1.807) is 23.9 Å². The summed E-state index contributed by atoms with van der Waals surface area (Å²) < 4.78 is 0.